The molecule has 0 unspecified atom stereocenters. The zero-order valence-electron chi connectivity index (χ0n) is 17.6. The first-order valence-electron chi connectivity index (χ1n) is 10.1. The van der Waals surface area contributed by atoms with Gasteiger partial charge in [-0.25, -0.2) is 12.8 Å². The van der Waals surface area contributed by atoms with Gasteiger partial charge in [0.15, 0.2) is 0 Å². The van der Waals surface area contributed by atoms with Gasteiger partial charge in [0.05, 0.1) is 16.1 Å². The number of carbonyl (C=O) groups is 1. The van der Waals surface area contributed by atoms with E-state index in [-0.39, 0.29) is 22.1 Å². The number of sulfonamides is 1. The van der Waals surface area contributed by atoms with Crippen LogP contribution in [0.2, 0.25) is 0 Å². The van der Waals surface area contributed by atoms with E-state index in [2.05, 4.69) is 23.5 Å². The van der Waals surface area contributed by atoms with E-state index in [1.807, 2.05) is 0 Å². The minimum Gasteiger partial charge on any atom is -0.336 e. The highest BCUT2D eigenvalue weighted by atomic mass is 32.2. The van der Waals surface area contributed by atoms with E-state index in [1.165, 1.54) is 19.1 Å². The Balaban J connectivity index is 1.77. The first kappa shape index (κ1) is 22.2. The number of hydrogen-bond donors (Lipinski definition) is 1. The predicted octanol–water partition coefficient (Wildman–Crippen LogP) is 3.35. The van der Waals surface area contributed by atoms with Crippen LogP contribution in [-0.2, 0) is 10.0 Å². The molecule has 1 fully saturated rings. The lowest BCUT2D eigenvalue weighted by molar-refractivity contribution is 0.0625. The van der Waals surface area contributed by atoms with Crippen LogP contribution in [0.25, 0.3) is 0 Å². The molecule has 162 valence electrons. The fraction of sp³-hybridized carbons (Fsp3) is 0.409. The van der Waals surface area contributed by atoms with Crippen LogP contribution >= 0.6 is 0 Å². The molecule has 1 N–H and O–H groups in total. The van der Waals surface area contributed by atoms with Crippen molar-refractivity contribution in [2.24, 2.45) is 5.92 Å². The summed E-state index contributed by atoms with van der Waals surface area (Å²) in [6.07, 6.45) is 0. The number of hydrogen-bond acceptors (Lipinski definition) is 4. The normalized spacial score (nSPS) is 15.4. The lowest BCUT2D eigenvalue weighted by Crippen LogP contribution is -2.49. The van der Waals surface area contributed by atoms with Gasteiger partial charge in [0.25, 0.3) is 15.9 Å². The lowest BCUT2D eigenvalue weighted by atomic mass is 10.1. The first-order chi connectivity index (χ1) is 14.2. The van der Waals surface area contributed by atoms with E-state index in [4.69, 9.17) is 0 Å². The maximum atomic E-state index is 13.5. The molecule has 1 amide bonds. The molecule has 1 saturated heterocycles. The van der Waals surface area contributed by atoms with E-state index in [0.717, 1.165) is 25.7 Å². The van der Waals surface area contributed by atoms with Crippen LogP contribution in [0.15, 0.2) is 47.4 Å². The summed E-state index contributed by atoms with van der Waals surface area (Å²) in [5.41, 5.74) is 0.757. The Labute approximate surface area is 177 Å². The van der Waals surface area contributed by atoms with Gasteiger partial charge < -0.3 is 4.90 Å². The summed E-state index contributed by atoms with van der Waals surface area (Å²) in [7, 11) is -3.96. The lowest BCUT2D eigenvalue weighted by Gasteiger charge is -2.35. The van der Waals surface area contributed by atoms with E-state index >= 15 is 0 Å². The number of amides is 1. The highest BCUT2D eigenvalue weighted by molar-refractivity contribution is 7.92. The van der Waals surface area contributed by atoms with Crippen molar-refractivity contribution in [1.29, 1.82) is 0 Å². The van der Waals surface area contributed by atoms with Crippen molar-refractivity contribution in [3.63, 3.8) is 0 Å². The summed E-state index contributed by atoms with van der Waals surface area (Å²) in [6.45, 7) is 9.64. The van der Waals surface area contributed by atoms with Crippen LogP contribution in [0.1, 0.15) is 29.8 Å². The number of aryl methyl sites for hydroxylation is 1. The van der Waals surface area contributed by atoms with E-state index in [1.54, 1.807) is 29.2 Å². The number of nitrogens with one attached hydrogen (secondary N) is 1. The monoisotopic (exact) mass is 433 g/mol. The zero-order chi connectivity index (χ0) is 21.9. The van der Waals surface area contributed by atoms with Crippen molar-refractivity contribution in [2.45, 2.75) is 25.7 Å². The fourth-order valence-electron chi connectivity index (χ4n) is 3.57. The molecule has 30 heavy (non-hydrogen) atoms. The van der Waals surface area contributed by atoms with Crippen molar-refractivity contribution in [3.05, 3.63) is 59.4 Å². The fourth-order valence-corrected chi connectivity index (χ4v) is 4.73. The Kier molecular flexibility index (Phi) is 6.77. The molecule has 0 radical (unpaired) electrons. The van der Waals surface area contributed by atoms with Crippen LogP contribution in [-0.4, -0.2) is 56.8 Å². The second-order valence-corrected chi connectivity index (χ2v) is 9.73. The van der Waals surface area contributed by atoms with Gasteiger partial charge in [-0.1, -0.05) is 26.0 Å². The average Bonchev–Trinajstić information content (AvgIpc) is 2.70. The van der Waals surface area contributed by atoms with Crippen LogP contribution in [0.5, 0.6) is 0 Å². The van der Waals surface area contributed by atoms with E-state index in [0.29, 0.717) is 24.6 Å². The Hall–Kier alpha value is -2.45. The third-order valence-electron chi connectivity index (χ3n) is 5.12. The highest BCUT2D eigenvalue weighted by Gasteiger charge is 2.25. The van der Waals surface area contributed by atoms with E-state index < -0.39 is 15.8 Å². The third kappa shape index (κ3) is 5.17. The summed E-state index contributed by atoms with van der Waals surface area (Å²) < 4.78 is 41.6. The maximum absolute atomic E-state index is 13.5. The Bertz CT molecular complexity index is 1020. The second kappa shape index (κ2) is 9.14. The Morgan fingerprint density at radius 1 is 1.10 bits per heavy atom. The summed E-state index contributed by atoms with van der Waals surface area (Å²) in [5.74, 6) is -0.105. The summed E-state index contributed by atoms with van der Waals surface area (Å²) in [6, 6.07) is 10.2. The molecule has 6 nitrogen and oxygen atoms in total. The molecule has 1 aliphatic rings. The summed E-state index contributed by atoms with van der Waals surface area (Å²) >= 11 is 0. The third-order valence-corrected chi connectivity index (χ3v) is 6.49. The number of rotatable bonds is 6. The molecule has 0 aliphatic carbocycles. The van der Waals surface area contributed by atoms with Gasteiger partial charge in [-0.3, -0.25) is 14.4 Å². The van der Waals surface area contributed by atoms with Gasteiger partial charge in [0.1, 0.15) is 5.82 Å². The van der Waals surface area contributed by atoms with Gasteiger partial charge in [-0.05, 0) is 48.7 Å². The number of piperazine rings is 1. The largest absolute Gasteiger partial charge is 0.336 e. The quantitative estimate of drug-likeness (QED) is 0.759. The second-order valence-electron chi connectivity index (χ2n) is 8.05. The molecule has 3 rings (SSSR count). The molecule has 1 aliphatic heterocycles. The number of anilines is 1. The molecule has 0 spiro atoms. The molecule has 1 heterocycles. The molecule has 0 aromatic heterocycles. The Morgan fingerprint density at radius 3 is 2.40 bits per heavy atom. The molecule has 0 saturated carbocycles. The Morgan fingerprint density at radius 2 is 1.77 bits per heavy atom. The van der Waals surface area contributed by atoms with Crippen molar-refractivity contribution in [2.75, 3.05) is 37.4 Å². The van der Waals surface area contributed by atoms with Crippen molar-refractivity contribution in [1.82, 2.24) is 9.80 Å². The standard InChI is InChI=1S/C22H28FN3O3S/c1-16(2)15-25-10-12-26(13-11-25)22(27)19-6-4-5-7-21(19)24-30(28,29)18-8-9-20(23)17(3)14-18/h4-9,14,16,24H,10-13,15H2,1-3H3. The summed E-state index contributed by atoms with van der Waals surface area (Å²) in [4.78, 5) is 17.1. The van der Waals surface area contributed by atoms with Gasteiger partial charge in [-0.2, -0.15) is 0 Å². The van der Waals surface area contributed by atoms with Crippen LogP contribution in [0.4, 0.5) is 10.1 Å². The van der Waals surface area contributed by atoms with Crippen LogP contribution < -0.4 is 4.72 Å². The van der Waals surface area contributed by atoms with Gasteiger partial charge >= 0.3 is 0 Å². The average molecular weight is 434 g/mol. The first-order valence-corrected chi connectivity index (χ1v) is 11.6. The van der Waals surface area contributed by atoms with Gasteiger partial charge in [-0.15, -0.1) is 0 Å². The number of benzene rings is 2. The SMILES string of the molecule is Cc1cc(S(=O)(=O)Nc2ccccc2C(=O)N2CCN(CC(C)C)CC2)ccc1F. The molecule has 0 atom stereocenters. The molecule has 8 heteroatoms. The molecular weight excluding hydrogens is 405 g/mol. The predicted molar refractivity (Wildman–Crippen MR) is 116 cm³/mol. The maximum Gasteiger partial charge on any atom is 0.261 e. The smallest absolute Gasteiger partial charge is 0.261 e. The number of halogens is 1. The van der Waals surface area contributed by atoms with Crippen molar-refractivity contribution in [3.8, 4) is 0 Å². The van der Waals surface area contributed by atoms with Gasteiger partial charge in [0, 0.05) is 32.7 Å². The number of carbonyl (C=O) groups excluding carboxylic acids is 1. The topological polar surface area (TPSA) is 69.7 Å². The zero-order valence-corrected chi connectivity index (χ0v) is 18.4. The van der Waals surface area contributed by atoms with Gasteiger partial charge in [0.2, 0.25) is 0 Å². The molecule has 2 aromatic carbocycles. The molecular formula is C22H28FN3O3S. The summed E-state index contributed by atoms with van der Waals surface area (Å²) in [5, 5.41) is 0. The van der Waals surface area contributed by atoms with E-state index in [9.17, 15) is 17.6 Å². The van der Waals surface area contributed by atoms with Crippen molar-refractivity contribution >= 4 is 21.6 Å². The number of nitrogens with zero attached hydrogens (tertiary/aromatic N) is 2. The highest BCUT2D eigenvalue weighted by Crippen LogP contribution is 2.23. The molecule has 0 bridgehead atoms. The van der Waals surface area contributed by atoms with Crippen LogP contribution in [0, 0.1) is 18.7 Å². The van der Waals surface area contributed by atoms with Crippen LogP contribution in [0.3, 0.4) is 0 Å². The minimum atomic E-state index is -3.96. The minimum absolute atomic E-state index is 0.0500. The number of para-hydroxylation sites is 1. The molecule has 2 aromatic rings. The van der Waals surface area contributed by atoms with Crippen molar-refractivity contribution < 1.29 is 17.6 Å².